The molecule has 64 heavy (non-hydrogen) atoms. The van der Waals surface area contributed by atoms with Gasteiger partial charge in [0.05, 0.1) is 25.0 Å². The Bertz CT molecular complexity index is 1830. The molecule has 6 aromatic rings. The fourth-order valence-corrected chi connectivity index (χ4v) is 6.37. The minimum Gasteiger partial charge on any atom is -1.00 e. The van der Waals surface area contributed by atoms with Crippen LogP contribution in [0.3, 0.4) is 0 Å². The van der Waals surface area contributed by atoms with Crippen molar-refractivity contribution >= 4 is 5.91 Å². The lowest BCUT2D eigenvalue weighted by Crippen LogP contribution is -3.00. The van der Waals surface area contributed by atoms with Gasteiger partial charge in [-0.05, 0) is 96.6 Å². The van der Waals surface area contributed by atoms with Crippen LogP contribution in [0.25, 0.3) is 0 Å². The molecule has 1 aliphatic heterocycles. The highest BCUT2D eigenvalue weighted by Crippen LogP contribution is 2.17. The molecule has 11 heteroatoms. The molecule has 1 fully saturated rings. The second-order valence-corrected chi connectivity index (χ2v) is 16.7. The van der Waals surface area contributed by atoms with Crippen LogP contribution in [0.15, 0.2) is 136 Å². The molecule has 0 spiro atoms. The molecule has 354 valence electrons. The Labute approximate surface area is 394 Å². The van der Waals surface area contributed by atoms with E-state index in [-0.39, 0.29) is 12.4 Å². The van der Waals surface area contributed by atoms with E-state index >= 15 is 0 Å². The number of rotatable bonds is 14. The van der Waals surface area contributed by atoms with Crippen LogP contribution < -0.4 is 17.0 Å². The number of carbonyl (C=O) groups excluding carboxylic acids is 1. The zero-order chi connectivity index (χ0) is 46.4. The molecule has 6 atom stereocenters. The van der Waals surface area contributed by atoms with Crippen molar-refractivity contribution in [1.29, 1.82) is 0 Å². The van der Waals surface area contributed by atoms with Gasteiger partial charge in [-0.1, -0.05) is 109 Å². The average Bonchev–Trinajstić information content (AvgIpc) is 4.20. The van der Waals surface area contributed by atoms with Crippen LogP contribution >= 0.6 is 0 Å². The molecule has 7 rings (SSSR count). The van der Waals surface area contributed by atoms with E-state index in [1.54, 1.807) is 0 Å². The van der Waals surface area contributed by atoms with E-state index < -0.39 is 0 Å². The highest BCUT2D eigenvalue weighted by atomic mass is 35.5. The van der Waals surface area contributed by atoms with E-state index in [0.29, 0.717) is 42.0 Å². The lowest BCUT2D eigenvalue weighted by Gasteiger charge is -2.22. The monoisotopic (exact) mass is 898 g/mol. The molecule has 0 bridgehead atoms. The molecule has 10 nitrogen and oxygen atoms in total. The summed E-state index contributed by atoms with van der Waals surface area (Å²) in [6.07, 6.45) is 32.2. The lowest BCUT2D eigenvalue weighted by molar-refractivity contribution is -0.688. The van der Waals surface area contributed by atoms with Crippen LogP contribution in [0.4, 0.5) is 0 Å². The van der Waals surface area contributed by atoms with Crippen molar-refractivity contribution in [3.8, 4) is 0 Å². The summed E-state index contributed by atoms with van der Waals surface area (Å²) in [5, 5.41) is 0. The fraction of sp³-hybridized carbons (Fsp3) is 0.528. The van der Waals surface area contributed by atoms with E-state index in [9.17, 15) is 4.79 Å². The molecular formula is C53H84ClN9O. The van der Waals surface area contributed by atoms with E-state index in [0.717, 1.165) is 51.6 Å². The van der Waals surface area contributed by atoms with Crippen molar-refractivity contribution in [2.45, 2.75) is 177 Å². The zero-order valence-corrected chi connectivity index (χ0v) is 42.3. The Morgan fingerprint density at radius 1 is 0.547 bits per heavy atom. The summed E-state index contributed by atoms with van der Waals surface area (Å²) in [6.45, 7) is 28.2. The van der Waals surface area contributed by atoms with Gasteiger partial charge in [-0.2, -0.15) is 0 Å². The summed E-state index contributed by atoms with van der Waals surface area (Å²) in [6, 6.07) is 24.0. The van der Waals surface area contributed by atoms with Crippen molar-refractivity contribution in [2.75, 3.05) is 6.54 Å². The highest BCUT2D eigenvalue weighted by molar-refractivity contribution is 5.78. The van der Waals surface area contributed by atoms with E-state index in [1.165, 1.54) is 24.0 Å². The summed E-state index contributed by atoms with van der Waals surface area (Å²) in [5.41, 5.74) is 2.79. The third-order valence-corrected chi connectivity index (χ3v) is 12.1. The number of halogens is 1. The van der Waals surface area contributed by atoms with Crippen LogP contribution in [0.1, 0.15) is 176 Å². The SMILES string of the molecule is CCC(C)N1CCCC1=O.CCC(C)c1ccccc1.CCC(C)n1cc[n+](Cc2ccccc2)c1.CCC(C)n1ccnc1.CCC(C)n1ccnc1.CCC(C)n1ccnc1.[Cl-]. The molecule has 0 aliphatic carbocycles. The van der Waals surface area contributed by atoms with Gasteiger partial charge in [0, 0.05) is 74.3 Å². The number of nitrogens with zero attached hydrogens (tertiary/aromatic N) is 9. The summed E-state index contributed by atoms with van der Waals surface area (Å²) in [5.74, 6) is 1.05. The maximum atomic E-state index is 11.1. The number of carbonyl (C=O) groups is 1. The Morgan fingerprint density at radius 2 is 0.969 bits per heavy atom. The van der Waals surface area contributed by atoms with Gasteiger partial charge >= 0.3 is 0 Å². The summed E-state index contributed by atoms with van der Waals surface area (Å²) in [7, 11) is 0. The highest BCUT2D eigenvalue weighted by Gasteiger charge is 2.23. The molecule has 0 N–H and O–H groups in total. The van der Waals surface area contributed by atoms with Gasteiger partial charge in [-0.15, -0.1) is 0 Å². The predicted octanol–water partition coefficient (Wildman–Crippen LogP) is 9.97. The number of imidazole rings is 4. The maximum absolute atomic E-state index is 11.1. The van der Waals surface area contributed by atoms with Crippen LogP contribution in [0, 0.1) is 0 Å². The summed E-state index contributed by atoms with van der Waals surface area (Å²) in [4.78, 5) is 24.9. The number of aromatic nitrogens is 8. The van der Waals surface area contributed by atoms with Crippen molar-refractivity contribution < 1.29 is 21.8 Å². The molecular weight excluding hydrogens is 814 g/mol. The average molecular weight is 899 g/mol. The van der Waals surface area contributed by atoms with Gasteiger partial charge in [0.25, 0.3) is 0 Å². The van der Waals surface area contributed by atoms with Gasteiger partial charge in [0.2, 0.25) is 12.2 Å². The third-order valence-electron chi connectivity index (χ3n) is 12.1. The third kappa shape index (κ3) is 21.6. The van der Waals surface area contributed by atoms with Crippen molar-refractivity contribution in [3.63, 3.8) is 0 Å². The maximum Gasteiger partial charge on any atom is 0.244 e. The molecule has 1 aliphatic rings. The molecule has 5 heterocycles. The number of amides is 1. The molecule has 1 saturated heterocycles. The molecule has 4 aromatic heterocycles. The molecule has 2 aromatic carbocycles. The Balaban J connectivity index is 0.000000389. The topological polar surface area (TPSA) is 82.6 Å². The Hall–Kier alpha value is -4.96. The minimum absolute atomic E-state index is 0. The van der Waals surface area contributed by atoms with Crippen molar-refractivity contribution in [3.05, 3.63) is 147 Å². The predicted molar refractivity (Wildman–Crippen MR) is 263 cm³/mol. The first-order valence-electron chi connectivity index (χ1n) is 23.8. The number of hydrogen-bond acceptors (Lipinski definition) is 4. The summed E-state index contributed by atoms with van der Waals surface area (Å²) >= 11 is 0. The minimum atomic E-state index is 0. The molecule has 6 unspecified atom stereocenters. The zero-order valence-electron chi connectivity index (χ0n) is 41.5. The first kappa shape index (κ1) is 57.1. The van der Waals surface area contributed by atoms with Gasteiger partial charge in [-0.25, -0.2) is 24.1 Å². The van der Waals surface area contributed by atoms with Crippen LogP contribution in [0.5, 0.6) is 0 Å². The van der Waals surface area contributed by atoms with Crippen LogP contribution in [-0.4, -0.2) is 56.6 Å². The van der Waals surface area contributed by atoms with Gasteiger partial charge < -0.3 is 31.0 Å². The number of benzene rings is 2. The fourth-order valence-electron chi connectivity index (χ4n) is 6.37. The molecule has 0 radical (unpaired) electrons. The van der Waals surface area contributed by atoms with Gasteiger partial charge in [0.1, 0.15) is 18.9 Å². The summed E-state index contributed by atoms with van der Waals surface area (Å²) < 4.78 is 10.8. The second kappa shape index (κ2) is 33.5. The van der Waals surface area contributed by atoms with Gasteiger partial charge in [0.15, 0.2) is 0 Å². The second-order valence-electron chi connectivity index (χ2n) is 16.7. The molecule has 1 amide bonds. The Kier molecular flexibility index (Phi) is 29.9. The number of likely N-dealkylation sites (tertiary alicyclic amines) is 1. The lowest BCUT2D eigenvalue weighted by atomic mass is 9.99. The number of hydrogen-bond donors (Lipinski definition) is 0. The molecule has 0 saturated carbocycles. The normalized spacial score (nSPS) is 14.3. The largest absolute Gasteiger partial charge is 1.00 e. The first-order chi connectivity index (χ1) is 30.4. The van der Waals surface area contributed by atoms with E-state index in [1.807, 2.05) is 61.1 Å². The van der Waals surface area contributed by atoms with E-state index in [4.69, 9.17) is 0 Å². The Morgan fingerprint density at radius 3 is 1.33 bits per heavy atom. The van der Waals surface area contributed by atoms with Crippen molar-refractivity contribution in [1.82, 2.24) is 38.1 Å². The van der Waals surface area contributed by atoms with Gasteiger partial charge in [-0.3, -0.25) is 4.79 Å². The quantitative estimate of drug-likeness (QED) is 0.102. The van der Waals surface area contributed by atoms with E-state index in [2.05, 4.69) is 200 Å². The standard InChI is InChI=1S/C14H19N2.C10H14.C8H15NO.3C7H12N2.ClH/c1-3-13(2)16-10-9-15(12-16)11-14-7-5-4-6-8-14;1-3-9(2)10-7-5-4-6-8-10;1-3-7(2)9-6-4-5-8(9)10;3*1-3-7(2)9-5-4-8-6-9;/h4-10,12-13H,3,11H2,1-2H3;4-9H,3H2,1-2H3;7H,3-6H2,1-2H3;3*4-7H,3H2,1-2H3;1H/q+1;;;;;;/p-1. The van der Waals surface area contributed by atoms with Crippen molar-refractivity contribution in [2.24, 2.45) is 0 Å². The first-order valence-corrected chi connectivity index (χ1v) is 23.8. The smallest absolute Gasteiger partial charge is 0.244 e. The van der Waals surface area contributed by atoms with Crippen LogP contribution in [0.2, 0.25) is 0 Å². The van der Waals surface area contributed by atoms with Crippen LogP contribution in [-0.2, 0) is 11.3 Å².